The lowest BCUT2D eigenvalue weighted by molar-refractivity contribution is 0.103. The zero-order valence-corrected chi connectivity index (χ0v) is 22.7. The van der Waals surface area contributed by atoms with Gasteiger partial charge in [-0.1, -0.05) is 146 Å². The third-order valence-corrected chi connectivity index (χ3v) is 7.32. The summed E-state index contributed by atoms with van der Waals surface area (Å²) in [6, 6.07) is 47.8. The molecule has 6 rings (SSSR count). The van der Waals surface area contributed by atoms with Crippen LogP contribution in [0.3, 0.4) is 0 Å². The van der Waals surface area contributed by atoms with E-state index in [2.05, 4.69) is 0 Å². The normalized spacial score (nSPS) is 10.7. The summed E-state index contributed by atoms with van der Waals surface area (Å²) in [7, 11) is 0. The van der Waals surface area contributed by atoms with E-state index < -0.39 is 0 Å². The number of rotatable bonds is 8. The predicted octanol–water partition coefficient (Wildman–Crippen LogP) is 8.71. The maximum atomic E-state index is 13.9. The number of ketones is 3. The highest BCUT2D eigenvalue weighted by molar-refractivity contribution is 6.18. The van der Waals surface area contributed by atoms with Gasteiger partial charge in [-0.05, 0) is 34.4 Å². The highest BCUT2D eigenvalue weighted by Crippen LogP contribution is 2.35. The van der Waals surface area contributed by atoms with Crippen LogP contribution < -0.4 is 0 Å². The number of benzene rings is 6. The van der Waals surface area contributed by atoms with Crippen LogP contribution >= 0.6 is 0 Å². The molecule has 0 N–H and O–H groups in total. The maximum Gasteiger partial charge on any atom is 0.193 e. The molecule has 0 spiro atoms. The Labute approximate surface area is 244 Å². The van der Waals surface area contributed by atoms with E-state index in [0.717, 1.165) is 11.1 Å². The molecule has 0 aliphatic rings. The van der Waals surface area contributed by atoms with E-state index in [9.17, 15) is 14.4 Å². The molecule has 0 saturated carbocycles. The van der Waals surface area contributed by atoms with E-state index in [-0.39, 0.29) is 17.3 Å². The molecule has 0 amide bonds. The lowest BCUT2D eigenvalue weighted by atomic mass is 9.86. The fourth-order valence-corrected chi connectivity index (χ4v) is 5.22. The molecule has 6 aromatic rings. The number of hydrogen-bond acceptors (Lipinski definition) is 3. The zero-order chi connectivity index (χ0) is 28.9. The molecular formula is C39H26O3. The summed E-state index contributed by atoms with van der Waals surface area (Å²) in [6.45, 7) is 0. The molecule has 0 heterocycles. The minimum Gasteiger partial charge on any atom is -0.289 e. The van der Waals surface area contributed by atoms with Gasteiger partial charge in [-0.15, -0.1) is 0 Å². The Balaban J connectivity index is 1.55. The van der Waals surface area contributed by atoms with E-state index in [4.69, 9.17) is 0 Å². The van der Waals surface area contributed by atoms with E-state index in [1.165, 1.54) is 0 Å². The van der Waals surface area contributed by atoms with Crippen LogP contribution in [0.4, 0.5) is 0 Å². The van der Waals surface area contributed by atoms with Gasteiger partial charge in [0.15, 0.2) is 17.3 Å². The second kappa shape index (κ2) is 11.8. The lowest BCUT2D eigenvalue weighted by Gasteiger charge is -2.16. The van der Waals surface area contributed by atoms with Crippen LogP contribution in [0.2, 0.25) is 0 Å². The maximum absolute atomic E-state index is 13.9. The molecule has 6 aromatic carbocycles. The summed E-state index contributed by atoms with van der Waals surface area (Å²) in [4.78, 5) is 41.1. The van der Waals surface area contributed by atoms with Gasteiger partial charge in [-0.25, -0.2) is 0 Å². The van der Waals surface area contributed by atoms with Crippen molar-refractivity contribution in [2.24, 2.45) is 0 Å². The Morgan fingerprint density at radius 1 is 0.310 bits per heavy atom. The van der Waals surface area contributed by atoms with Crippen molar-refractivity contribution in [2.75, 3.05) is 0 Å². The molecule has 0 fully saturated rings. The first-order valence-corrected chi connectivity index (χ1v) is 13.7. The fraction of sp³-hybridized carbons (Fsp3) is 0. The zero-order valence-electron chi connectivity index (χ0n) is 22.7. The van der Waals surface area contributed by atoms with E-state index >= 15 is 0 Å². The summed E-state index contributed by atoms with van der Waals surface area (Å²) in [5.41, 5.74) is 6.05. The Kier molecular flexibility index (Phi) is 7.48. The molecule has 3 heteroatoms. The van der Waals surface area contributed by atoms with E-state index in [1.807, 2.05) is 109 Å². The molecule has 0 aliphatic carbocycles. The predicted molar refractivity (Wildman–Crippen MR) is 167 cm³/mol. The van der Waals surface area contributed by atoms with Crippen molar-refractivity contribution in [1.29, 1.82) is 0 Å². The van der Waals surface area contributed by atoms with Gasteiger partial charge in [-0.2, -0.15) is 0 Å². The van der Waals surface area contributed by atoms with Crippen molar-refractivity contribution < 1.29 is 14.4 Å². The molecule has 0 saturated heterocycles. The molecule has 0 atom stereocenters. The first-order chi connectivity index (χ1) is 20.6. The second-order valence-corrected chi connectivity index (χ2v) is 9.94. The Bertz CT molecular complexity index is 1910. The van der Waals surface area contributed by atoms with Crippen LogP contribution in [-0.2, 0) is 0 Å². The molecule has 3 nitrogen and oxygen atoms in total. The van der Waals surface area contributed by atoms with Gasteiger partial charge >= 0.3 is 0 Å². The highest BCUT2D eigenvalue weighted by Gasteiger charge is 2.22. The SMILES string of the molecule is O=C(c1ccccc1)c1ccccc1-c1ccc(C(=O)c2ccccc2)c(-c2ccccc2C(=O)c2ccccc2)c1. The third-order valence-electron chi connectivity index (χ3n) is 7.32. The standard InChI is InChI=1S/C39H26O3/c40-37(27-14-4-1-5-15-27)33-22-12-10-20-31(33)30-24-25-35(39(42)29-18-8-3-9-19-29)36(26-30)32-21-11-13-23-34(32)38(41)28-16-6-2-7-17-28/h1-26H. The van der Waals surface area contributed by atoms with Gasteiger partial charge in [0.05, 0.1) is 0 Å². The van der Waals surface area contributed by atoms with Gasteiger partial charge in [0.25, 0.3) is 0 Å². The minimum atomic E-state index is -0.146. The van der Waals surface area contributed by atoms with Crippen LogP contribution in [0.25, 0.3) is 22.3 Å². The van der Waals surface area contributed by atoms with Gasteiger partial charge in [0, 0.05) is 33.4 Å². The topological polar surface area (TPSA) is 51.2 Å². The smallest absolute Gasteiger partial charge is 0.193 e. The number of carbonyl (C=O) groups excluding carboxylic acids is 3. The average molecular weight is 543 g/mol. The molecule has 0 aliphatic heterocycles. The van der Waals surface area contributed by atoms with Gasteiger partial charge < -0.3 is 0 Å². The first-order valence-electron chi connectivity index (χ1n) is 13.7. The quantitative estimate of drug-likeness (QED) is 0.181. The molecule has 0 radical (unpaired) electrons. The Morgan fingerprint density at radius 3 is 1.14 bits per heavy atom. The van der Waals surface area contributed by atoms with Crippen LogP contribution in [0.15, 0.2) is 158 Å². The molecule has 0 bridgehead atoms. The van der Waals surface area contributed by atoms with E-state index in [1.54, 1.807) is 48.5 Å². The summed E-state index contributed by atoms with van der Waals surface area (Å²) in [5, 5.41) is 0. The van der Waals surface area contributed by atoms with Crippen LogP contribution in [0, 0.1) is 0 Å². The lowest BCUT2D eigenvalue weighted by Crippen LogP contribution is -2.08. The second-order valence-electron chi connectivity index (χ2n) is 9.94. The summed E-state index contributed by atoms with van der Waals surface area (Å²) < 4.78 is 0. The molecule has 0 aromatic heterocycles. The first kappa shape index (κ1) is 26.5. The van der Waals surface area contributed by atoms with Crippen LogP contribution in [0.1, 0.15) is 47.8 Å². The molecule has 200 valence electrons. The average Bonchev–Trinajstić information content (AvgIpc) is 3.08. The Morgan fingerprint density at radius 2 is 0.667 bits per heavy atom. The summed E-state index contributed by atoms with van der Waals surface area (Å²) >= 11 is 0. The number of hydrogen-bond donors (Lipinski definition) is 0. The highest BCUT2D eigenvalue weighted by atomic mass is 16.1. The van der Waals surface area contributed by atoms with Gasteiger partial charge in [0.1, 0.15) is 0 Å². The van der Waals surface area contributed by atoms with Crippen molar-refractivity contribution >= 4 is 17.3 Å². The Hall–Kier alpha value is -5.67. The largest absolute Gasteiger partial charge is 0.289 e. The number of carbonyl (C=O) groups is 3. The third kappa shape index (κ3) is 5.24. The van der Waals surface area contributed by atoms with Crippen molar-refractivity contribution in [1.82, 2.24) is 0 Å². The monoisotopic (exact) mass is 542 g/mol. The van der Waals surface area contributed by atoms with Gasteiger partial charge in [-0.3, -0.25) is 14.4 Å². The molecular weight excluding hydrogens is 516 g/mol. The van der Waals surface area contributed by atoms with Crippen molar-refractivity contribution in [2.45, 2.75) is 0 Å². The van der Waals surface area contributed by atoms with Crippen molar-refractivity contribution in [3.63, 3.8) is 0 Å². The van der Waals surface area contributed by atoms with Crippen LogP contribution in [0.5, 0.6) is 0 Å². The molecule has 0 unspecified atom stereocenters. The summed E-state index contributed by atoms with van der Waals surface area (Å²) in [5.74, 6) is -0.362. The minimum absolute atomic E-state index is 0.0863. The summed E-state index contributed by atoms with van der Waals surface area (Å²) in [6.07, 6.45) is 0. The van der Waals surface area contributed by atoms with Gasteiger partial charge in [0.2, 0.25) is 0 Å². The van der Waals surface area contributed by atoms with Crippen LogP contribution in [-0.4, -0.2) is 17.3 Å². The van der Waals surface area contributed by atoms with Crippen molar-refractivity contribution in [3.05, 3.63) is 191 Å². The van der Waals surface area contributed by atoms with E-state index in [0.29, 0.717) is 44.5 Å². The fourth-order valence-electron chi connectivity index (χ4n) is 5.22. The van der Waals surface area contributed by atoms with Crippen molar-refractivity contribution in [3.8, 4) is 22.3 Å². The molecule has 42 heavy (non-hydrogen) atoms.